The molecule has 0 bridgehead atoms. The lowest BCUT2D eigenvalue weighted by Crippen LogP contribution is -1.95. The van der Waals surface area contributed by atoms with Gasteiger partial charge in [0.1, 0.15) is 0 Å². The van der Waals surface area contributed by atoms with Crippen LogP contribution in [0.5, 0.6) is 0 Å². The van der Waals surface area contributed by atoms with Gasteiger partial charge in [0.15, 0.2) is 5.82 Å². The lowest BCUT2D eigenvalue weighted by molar-refractivity contribution is 0.888. The van der Waals surface area contributed by atoms with E-state index in [4.69, 9.17) is 17.3 Å². The number of thiazole rings is 1. The fourth-order valence-electron chi connectivity index (χ4n) is 2.62. The van der Waals surface area contributed by atoms with Crippen LogP contribution >= 0.6 is 22.9 Å². The summed E-state index contributed by atoms with van der Waals surface area (Å²) in [6.07, 6.45) is 3.44. The van der Waals surface area contributed by atoms with Gasteiger partial charge in [0.05, 0.1) is 5.02 Å². The molecule has 4 rings (SSSR count). The number of hydrogen-bond acceptors (Lipinski definition) is 4. The van der Waals surface area contributed by atoms with Crippen LogP contribution in [0.15, 0.2) is 18.2 Å². The fraction of sp³-hybridized carbons (Fsp3) is 0.231. The molecule has 6 heteroatoms. The zero-order valence-corrected chi connectivity index (χ0v) is 11.6. The Hall–Kier alpha value is -1.59. The fourth-order valence-corrected chi connectivity index (χ4v) is 3.97. The van der Waals surface area contributed by atoms with Crippen molar-refractivity contribution in [1.82, 2.24) is 14.6 Å². The molecule has 2 aromatic heterocycles. The van der Waals surface area contributed by atoms with Gasteiger partial charge in [-0.2, -0.15) is 0 Å². The van der Waals surface area contributed by atoms with Gasteiger partial charge in [-0.3, -0.25) is 4.40 Å². The van der Waals surface area contributed by atoms with E-state index in [1.165, 1.54) is 17.0 Å². The Bertz CT molecular complexity index is 789. The second-order valence-corrected chi connectivity index (χ2v) is 6.18. The van der Waals surface area contributed by atoms with Gasteiger partial charge < -0.3 is 5.73 Å². The Morgan fingerprint density at radius 3 is 3.05 bits per heavy atom. The van der Waals surface area contributed by atoms with E-state index in [0.717, 1.165) is 29.2 Å². The summed E-state index contributed by atoms with van der Waals surface area (Å²) in [4.78, 5) is 2.37. The van der Waals surface area contributed by atoms with Crippen LogP contribution in [0.2, 0.25) is 5.02 Å². The minimum atomic E-state index is 0.654. The van der Waals surface area contributed by atoms with E-state index in [0.29, 0.717) is 10.7 Å². The first-order chi connectivity index (χ1) is 9.24. The molecule has 1 aliphatic carbocycles. The van der Waals surface area contributed by atoms with E-state index in [1.54, 1.807) is 23.5 Å². The molecule has 0 unspecified atom stereocenters. The Labute approximate surface area is 118 Å². The normalized spacial score (nSPS) is 14.2. The Morgan fingerprint density at radius 2 is 2.16 bits per heavy atom. The minimum Gasteiger partial charge on any atom is -0.399 e. The molecule has 0 saturated heterocycles. The highest BCUT2D eigenvalue weighted by Gasteiger charge is 2.23. The number of fused-ring (bicyclic) bond motifs is 3. The van der Waals surface area contributed by atoms with Crippen LogP contribution in [0.3, 0.4) is 0 Å². The van der Waals surface area contributed by atoms with Crippen LogP contribution < -0.4 is 5.73 Å². The molecule has 2 heterocycles. The first kappa shape index (κ1) is 11.3. The lowest BCUT2D eigenvalue weighted by atomic mass is 10.2. The number of nitrogen functional groups attached to an aromatic ring is 1. The maximum atomic E-state index is 6.27. The Balaban J connectivity index is 2.03. The summed E-state index contributed by atoms with van der Waals surface area (Å²) in [6, 6.07) is 5.46. The quantitative estimate of drug-likeness (QED) is 0.700. The summed E-state index contributed by atoms with van der Waals surface area (Å²) < 4.78 is 2.13. The number of nitrogens with two attached hydrogens (primary N) is 1. The molecule has 1 aliphatic rings. The first-order valence-corrected chi connectivity index (χ1v) is 7.34. The zero-order valence-electron chi connectivity index (χ0n) is 10.1. The van der Waals surface area contributed by atoms with Crippen molar-refractivity contribution < 1.29 is 0 Å². The summed E-state index contributed by atoms with van der Waals surface area (Å²) in [7, 11) is 0. The predicted octanol–water partition coefficient (Wildman–Crippen LogP) is 3.18. The third kappa shape index (κ3) is 1.58. The number of nitrogens with zero attached hydrogens (tertiary/aromatic N) is 3. The average Bonchev–Trinajstić information content (AvgIpc) is 3.03. The Kier molecular flexibility index (Phi) is 2.34. The maximum absolute atomic E-state index is 6.27. The highest BCUT2D eigenvalue weighted by atomic mass is 35.5. The van der Waals surface area contributed by atoms with Crippen molar-refractivity contribution in [3.63, 3.8) is 0 Å². The number of aryl methyl sites for hydroxylation is 2. The highest BCUT2D eigenvalue weighted by Crippen LogP contribution is 2.35. The monoisotopic (exact) mass is 290 g/mol. The number of aromatic nitrogens is 3. The largest absolute Gasteiger partial charge is 0.399 e. The molecule has 0 spiro atoms. The lowest BCUT2D eigenvalue weighted by Gasteiger charge is -2.04. The molecule has 0 saturated carbocycles. The van der Waals surface area contributed by atoms with Gasteiger partial charge in [-0.1, -0.05) is 22.9 Å². The number of rotatable bonds is 1. The zero-order chi connectivity index (χ0) is 13.0. The Morgan fingerprint density at radius 1 is 1.26 bits per heavy atom. The van der Waals surface area contributed by atoms with Crippen LogP contribution in [0.4, 0.5) is 5.69 Å². The van der Waals surface area contributed by atoms with Crippen LogP contribution in [0.1, 0.15) is 17.0 Å². The molecule has 4 nitrogen and oxygen atoms in total. The van der Waals surface area contributed by atoms with Crippen molar-refractivity contribution >= 4 is 33.6 Å². The molecule has 0 aliphatic heterocycles. The summed E-state index contributed by atoms with van der Waals surface area (Å²) in [5.41, 5.74) is 8.72. The summed E-state index contributed by atoms with van der Waals surface area (Å²) in [6.45, 7) is 0. The first-order valence-electron chi connectivity index (χ1n) is 6.15. The second kappa shape index (κ2) is 3.95. The van der Waals surface area contributed by atoms with Gasteiger partial charge >= 0.3 is 0 Å². The van der Waals surface area contributed by atoms with E-state index in [9.17, 15) is 0 Å². The number of anilines is 1. The van der Waals surface area contributed by atoms with E-state index < -0.39 is 0 Å². The molecular weight excluding hydrogens is 280 g/mol. The van der Waals surface area contributed by atoms with E-state index in [2.05, 4.69) is 14.6 Å². The SMILES string of the molecule is Nc1ccc(Cl)c(-c2nnc3sc4c(n23)CCC4)c1. The van der Waals surface area contributed by atoms with E-state index in [1.807, 2.05) is 6.07 Å². The third-order valence-corrected chi connectivity index (χ3v) is 4.95. The molecule has 0 fully saturated rings. The molecule has 96 valence electrons. The number of halogens is 1. The van der Waals surface area contributed by atoms with Crippen molar-refractivity contribution in [1.29, 1.82) is 0 Å². The molecule has 2 N–H and O–H groups in total. The standard InChI is InChI=1S/C13H11ClN4S/c14-9-5-4-7(15)6-8(9)12-16-17-13-18(12)10-2-1-3-11(10)19-13/h4-6H,1-3,15H2. The molecule has 1 aromatic carbocycles. The molecular formula is C13H11ClN4S. The summed E-state index contributed by atoms with van der Waals surface area (Å²) >= 11 is 8.00. The summed E-state index contributed by atoms with van der Waals surface area (Å²) in [5, 5.41) is 9.20. The van der Waals surface area contributed by atoms with Crippen molar-refractivity contribution in [3.05, 3.63) is 33.8 Å². The molecule has 3 aromatic rings. The van der Waals surface area contributed by atoms with Gasteiger partial charge in [-0.25, -0.2) is 0 Å². The topological polar surface area (TPSA) is 56.2 Å². The molecule has 0 amide bonds. The number of benzene rings is 1. The molecule has 19 heavy (non-hydrogen) atoms. The molecule has 0 radical (unpaired) electrons. The van der Waals surface area contributed by atoms with Crippen LogP contribution in [0.25, 0.3) is 16.3 Å². The van der Waals surface area contributed by atoms with Gasteiger partial charge in [0.25, 0.3) is 0 Å². The van der Waals surface area contributed by atoms with Gasteiger partial charge in [0.2, 0.25) is 4.96 Å². The number of hydrogen-bond donors (Lipinski definition) is 1. The van der Waals surface area contributed by atoms with Crippen molar-refractivity contribution in [3.8, 4) is 11.4 Å². The van der Waals surface area contributed by atoms with Gasteiger partial charge in [-0.05, 0) is 37.5 Å². The van der Waals surface area contributed by atoms with Crippen molar-refractivity contribution in [2.24, 2.45) is 0 Å². The van der Waals surface area contributed by atoms with Crippen molar-refractivity contribution in [2.75, 3.05) is 5.73 Å². The van der Waals surface area contributed by atoms with Crippen LogP contribution in [0, 0.1) is 0 Å². The van der Waals surface area contributed by atoms with E-state index in [-0.39, 0.29) is 0 Å². The van der Waals surface area contributed by atoms with Crippen molar-refractivity contribution in [2.45, 2.75) is 19.3 Å². The van der Waals surface area contributed by atoms with E-state index >= 15 is 0 Å². The minimum absolute atomic E-state index is 0.654. The van der Waals surface area contributed by atoms with Crippen LogP contribution in [-0.4, -0.2) is 14.6 Å². The maximum Gasteiger partial charge on any atom is 0.216 e. The highest BCUT2D eigenvalue weighted by molar-refractivity contribution is 7.17. The second-order valence-electron chi connectivity index (χ2n) is 4.71. The summed E-state index contributed by atoms with van der Waals surface area (Å²) in [5.74, 6) is 0.798. The smallest absolute Gasteiger partial charge is 0.216 e. The predicted molar refractivity (Wildman–Crippen MR) is 77.7 cm³/mol. The van der Waals surface area contributed by atoms with Gasteiger partial charge in [0, 0.05) is 21.8 Å². The van der Waals surface area contributed by atoms with Gasteiger partial charge in [-0.15, -0.1) is 10.2 Å². The van der Waals surface area contributed by atoms with Crippen LogP contribution in [-0.2, 0) is 12.8 Å². The third-order valence-electron chi connectivity index (χ3n) is 3.49. The molecule has 0 atom stereocenters. The average molecular weight is 291 g/mol.